The summed E-state index contributed by atoms with van der Waals surface area (Å²) in [4.78, 5) is 0. The van der Waals surface area contributed by atoms with E-state index in [1.807, 2.05) is 11.8 Å². The summed E-state index contributed by atoms with van der Waals surface area (Å²) in [5.41, 5.74) is 1.69. The molecule has 2 rings (SSSR count). The van der Waals surface area contributed by atoms with Crippen molar-refractivity contribution in [1.29, 1.82) is 0 Å². The van der Waals surface area contributed by atoms with Crippen LogP contribution < -0.4 is 10.6 Å². The molecule has 0 aromatic heterocycles. The number of rotatable bonds is 4. The zero-order chi connectivity index (χ0) is 10.6. The predicted octanol–water partition coefficient (Wildman–Crippen LogP) is 1.83. The fraction of sp³-hybridized carbons (Fsp3) is 0.500. The molecule has 1 aliphatic rings. The second-order valence-corrected chi connectivity index (χ2v) is 5.30. The van der Waals surface area contributed by atoms with Gasteiger partial charge in [0.05, 0.1) is 0 Å². The Morgan fingerprint density at radius 2 is 2.13 bits per heavy atom. The van der Waals surface area contributed by atoms with E-state index in [0.717, 1.165) is 24.7 Å². The smallest absolute Gasteiger partial charge is 0.0459 e. The molecule has 1 fully saturated rings. The quantitative estimate of drug-likeness (QED) is 0.813. The zero-order valence-corrected chi connectivity index (χ0v) is 9.94. The number of hydrogen-bond acceptors (Lipinski definition) is 3. The molecular formula is C12H18N2S. The molecule has 2 N–H and O–H groups in total. The molecule has 0 saturated carbocycles. The Morgan fingerprint density at radius 3 is 2.80 bits per heavy atom. The van der Waals surface area contributed by atoms with E-state index in [9.17, 15) is 0 Å². The van der Waals surface area contributed by atoms with Gasteiger partial charge in [0, 0.05) is 30.3 Å². The lowest BCUT2D eigenvalue weighted by molar-refractivity contribution is 0.496. The molecule has 1 aromatic rings. The van der Waals surface area contributed by atoms with Gasteiger partial charge in [-0.2, -0.15) is 11.8 Å². The van der Waals surface area contributed by atoms with Gasteiger partial charge in [0.25, 0.3) is 0 Å². The Morgan fingerprint density at radius 1 is 1.33 bits per heavy atom. The maximum absolute atomic E-state index is 3.49. The van der Waals surface area contributed by atoms with E-state index in [0.29, 0.717) is 0 Å². The van der Waals surface area contributed by atoms with Crippen molar-refractivity contribution < 1.29 is 0 Å². The third-order valence-electron chi connectivity index (χ3n) is 2.69. The van der Waals surface area contributed by atoms with Gasteiger partial charge in [0.15, 0.2) is 0 Å². The first-order chi connectivity index (χ1) is 7.29. The van der Waals surface area contributed by atoms with Gasteiger partial charge in [-0.3, -0.25) is 5.32 Å². The molecule has 0 radical (unpaired) electrons. The summed E-state index contributed by atoms with van der Waals surface area (Å²) in [5.74, 6) is 2.27. The van der Waals surface area contributed by atoms with Crippen molar-refractivity contribution in [3.63, 3.8) is 0 Å². The second-order valence-electron chi connectivity index (χ2n) is 4.32. The summed E-state index contributed by atoms with van der Waals surface area (Å²) in [5, 5.41) is 6.82. The van der Waals surface area contributed by atoms with Crippen LogP contribution >= 0.6 is 11.8 Å². The van der Waals surface area contributed by atoms with Crippen molar-refractivity contribution in [3.05, 3.63) is 35.9 Å². The van der Waals surface area contributed by atoms with Gasteiger partial charge < -0.3 is 5.32 Å². The Hall–Kier alpha value is -0.510. The van der Waals surface area contributed by atoms with Crippen LogP contribution in [0.5, 0.6) is 0 Å². The fourth-order valence-corrected chi connectivity index (χ4v) is 2.93. The van der Waals surface area contributed by atoms with Gasteiger partial charge in [-0.15, -0.1) is 0 Å². The third-order valence-corrected chi connectivity index (χ3v) is 4.07. The molecule has 1 saturated heterocycles. The number of nitrogens with one attached hydrogen (secondary N) is 2. The van der Waals surface area contributed by atoms with Crippen LogP contribution in [0.2, 0.25) is 0 Å². The van der Waals surface area contributed by atoms with E-state index in [2.05, 4.69) is 47.9 Å². The van der Waals surface area contributed by atoms with Crippen LogP contribution in [-0.2, 0) is 5.75 Å². The third kappa shape index (κ3) is 3.23. The zero-order valence-electron chi connectivity index (χ0n) is 9.12. The Balaban J connectivity index is 1.75. The Labute approximate surface area is 95.8 Å². The van der Waals surface area contributed by atoms with Crippen LogP contribution in [0.3, 0.4) is 0 Å². The van der Waals surface area contributed by atoms with E-state index in [1.54, 1.807) is 0 Å². The molecule has 0 bridgehead atoms. The molecule has 1 unspecified atom stereocenters. The van der Waals surface area contributed by atoms with E-state index >= 15 is 0 Å². The van der Waals surface area contributed by atoms with E-state index < -0.39 is 0 Å². The van der Waals surface area contributed by atoms with Crippen LogP contribution in [-0.4, -0.2) is 24.5 Å². The van der Waals surface area contributed by atoms with Gasteiger partial charge >= 0.3 is 0 Å². The van der Waals surface area contributed by atoms with Gasteiger partial charge in [-0.1, -0.05) is 30.3 Å². The van der Waals surface area contributed by atoms with Crippen molar-refractivity contribution in [2.75, 3.05) is 19.0 Å². The van der Waals surface area contributed by atoms with Crippen LogP contribution in [0.15, 0.2) is 30.3 Å². The molecule has 1 atom stereocenters. The van der Waals surface area contributed by atoms with Gasteiger partial charge in [0.1, 0.15) is 0 Å². The Kier molecular flexibility index (Phi) is 3.67. The van der Waals surface area contributed by atoms with Crippen LogP contribution in [0.4, 0.5) is 0 Å². The topological polar surface area (TPSA) is 24.1 Å². The molecule has 1 aromatic carbocycles. The van der Waals surface area contributed by atoms with E-state index in [-0.39, 0.29) is 5.54 Å². The number of thioether (sulfide) groups is 1. The molecular weight excluding hydrogens is 204 g/mol. The molecule has 0 amide bonds. The summed E-state index contributed by atoms with van der Waals surface area (Å²) < 4.78 is 0. The summed E-state index contributed by atoms with van der Waals surface area (Å²) in [6, 6.07) is 10.7. The molecule has 15 heavy (non-hydrogen) atoms. The van der Waals surface area contributed by atoms with Crippen molar-refractivity contribution in [2.24, 2.45) is 0 Å². The standard InChI is InChI=1S/C12H18N2S/c1-12(8-13-10-14-12)9-15-7-11-5-3-2-4-6-11/h2-6,13-14H,7-10H2,1H3. The first-order valence-corrected chi connectivity index (χ1v) is 6.51. The lowest BCUT2D eigenvalue weighted by Gasteiger charge is -2.22. The molecule has 2 nitrogen and oxygen atoms in total. The maximum Gasteiger partial charge on any atom is 0.0459 e. The fourth-order valence-electron chi connectivity index (χ4n) is 1.75. The number of hydrogen-bond donors (Lipinski definition) is 2. The van der Waals surface area contributed by atoms with Crippen LogP contribution in [0, 0.1) is 0 Å². The molecule has 0 spiro atoms. The first kappa shape index (κ1) is 11.0. The lowest BCUT2D eigenvalue weighted by Crippen LogP contribution is -2.41. The minimum absolute atomic E-state index is 0.277. The summed E-state index contributed by atoms with van der Waals surface area (Å²) in [6.07, 6.45) is 0. The molecule has 0 aliphatic carbocycles. The monoisotopic (exact) mass is 222 g/mol. The average molecular weight is 222 g/mol. The first-order valence-electron chi connectivity index (χ1n) is 5.36. The molecule has 3 heteroatoms. The number of benzene rings is 1. The predicted molar refractivity (Wildman–Crippen MR) is 67.0 cm³/mol. The second kappa shape index (κ2) is 5.01. The van der Waals surface area contributed by atoms with Crippen molar-refractivity contribution >= 4 is 11.8 Å². The highest BCUT2D eigenvalue weighted by Crippen LogP contribution is 2.18. The average Bonchev–Trinajstić information content (AvgIpc) is 2.67. The van der Waals surface area contributed by atoms with E-state index in [1.165, 1.54) is 5.56 Å². The van der Waals surface area contributed by atoms with Crippen molar-refractivity contribution in [1.82, 2.24) is 10.6 Å². The van der Waals surface area contributed by atoms with Crippen molar-refractivity contribution in [2.45, 2.75) is 18.2 Å². The highest BCUT2D eigenvalue weighted by Gasteiger charge is 2.27. The molecule has 1 aliphatic heterocycles. The largest absolute Gasteiger partial charge is 0.303 e. The van der Waals surface area contributed by atoms with Gasteiger partial charge in [-0.05, 0) is 12.5 Å². The SMILES string of the molecule is CC1(CSCc2ccccc2)CNCN1. The van der Waals surface area contributed by atoms with Crippen LogP contribution in [0.1, 0.15) is 12.5 Å². The molecule has 82 valence electrons. The lowest BCUT2D eigenvalue weighted by atomic mass is 10.1. The minimum Gasteiger partial charge on any atom is -0.303 e. The Bertz CT molecular complexity index is 294. The van der Waals surface area contributed by atoms with Gasteiger partial charge in [-0.25, -0.2) is 0 Å². The highest BCUT2D eigenvalue weighted by molar-refractivity contribution is 7.98. The summed E-state index contributed by atoms with van der Waals surface area (Å²) in [6.45, 7) is 4.31. The minimum atomic E-state index is 0.277. The highest BCUT2D eigenvalue weighted by atomic mass is 32.2. The van der Waals surface area contributed by atoms with Gasteiger partial charge in [0.2, 0.25) is 0 Å². The normalized spacial score (nSPS) is 25.7. The summed E-state index contributed by atoms with van der Waals surface area (Å²) in [7, 11) is 0. The van der Waals surface area contributed by atoms with Crippen molar-refractivity contribution in [3.8, 4) is 0 Å². The van der Waals surface area contributed by atoms with Crippen LogP contribution in [0.25, 0.3) is 0 Å². The maximum atomic E-state index is 3.49. The summed E-state index contributed by atoms with van der Waals surface area (Å²) >= 11 is 2.00. The molecule has 1 heterocycles. The van der Waals surface area contributed by atoms with E-state index in [4.69, 9.17) is 0 Å².